The Bertz CT molecular complexity index is 517. The lowest BCUT2D eigenvalue weighted by Gasteiger charge is -2.07. The topological polar surface area (TPSA) is 27.1 Å². The second kappa shape index (κ2) is 5.71. The third kappa shape index (κ3) is 3.13. The van der Waals surface area contributed by atoms with Gasteiger partial charge in [0.1, 0.15) is 6.61 Å². The summed E-state index contributed by atoms with van der Waals surface area (Å²) in [6.07, 6.45) is 4.81. The summed E-state index contributed by atoms with van der Waals surface area (Å²) < 4.78 is 7.69. The summed E-state index contributed by atoms with van der Waals surface area (Å²) in [4.78, 5) is 0. The fourth-order valence-corrected chi connectivity index (χ4v) is 1.89. The molecule has 0 unspecified atom stereocenters. The van der Waals surface area contributed by atoms with Crippen LogP contribution in [0.4, 0.5) is 0 Å². The predicted molar refractivity (Wildman–Crippen MR) is 72.8 cm³/mol. The van der Waals surface area contributed by atoms with Crippen molar-refractivity contribution in [2.24, 2.45) is 0 Å². The van der Waals surface area contributed by atoms with Crippen LogP contribution < -0.4 is 4.74 Å². The van der Waals surface area contributed by atoms with Gasteiger partial charge in [-0.1, -0.05) is 30.7 Å². The first kappa shape index (κ1) is 12.7. The summed E-state index contributed by atoms with van der Waals surface area (Å²) in [5.41, 5.74) is 3.76. The number of aromatic nitrogens is 2. The van der Waals surface area contributed by atoms with E-state index in [1.165, 1.54) is 16.7 Å². The molecule has 1 aromatic carbocycles. The lowest BCUT2D eigenvalue weighted by atomic mass is 10.1. The molecule has 18 heavy (non-hydrogen) atoms. The first-order valence-electron chi connectivity index (χ1n) is 6.40. The zero-order valence-corrected chi connectivity index (χ0v) is 11.3. The van der Waals surface area contributed by atoms with Crippen LogP contribution in [0.2, 0.25) is 0 Å². The van der Waals surface area contributed by atoms with E-state index < -0.39 is 0 Å². The van der Waals surface area contributed by atoms with E-state index in [2.05, 4.69) is 44.1 Å². The van der Waals surface area contributed by atoms with Gasteiger partial charge < -0.3 is 4.74 Å². The van der Waals surface area contributed by atoms with Crippen molar-refractivity contribution in [3.05, 3.63) is 47.3 Å². The third-order valence-corrected chi connectivity index (χ3v) is 2.96. The van der Waals surface area contributed by atoms with Crippen molar-refractivity contribution in [1.82, 2.24) is 9.78 Å². The molecule has 2 aromatic rings. The highest BCUT2D eigenvalue weighted by molar-refractivity contribution is 5.30. The molecule has 0 atom stereocenters. The highest BCUT2D eigenvalue weighted by Gasteiger charge is 2.02. The number of aryl methyl sites for hydroxylation is 3. The second-order valence-electron chi connectivity index (χ2n) is 4.66. The molecule has 1 heterocycles. The highest BCUT2D eigenvalue weighted by atomic mass is 16.5. The number of ether oxygens (including phenoxy) is 1. The molecule has 0 N–H and O–H groups in total. The van der Waals surface area contributed by atoms with Gasteiger partial charge in [-0.2, -0.15) is 5.10 Å². The van der Waals surface area contributed by atoms with E-state index in [0.717, 1.165) is 18.7 Å². The molecule has 0 saturated carbocycles. The molecule has 0 aliphatic carbocycles. The van der Waals surface area contributed by atoms with Gasteiger partial charge in [0, 0.05) is 6.54 Å². The van der Waals surface area contributed by atoms with Crippen molar-refractivity contribution in [1.29, 1.82) is 0 Å². The molecule has 0 radical (unpaired) electrons. The summed E-state index contributed by atoms with van der Waals surface area (Å²) >= 11 is 0. The molecule has 3 heteroatoms. The molecule has 0 aliphatic heterocycles. The highest BCUT2D eigenvalue weighted by Crippen LogP contribution is 2.15. The van der Waals surface area contributed by atoms with Gasteiger partial charge in [0.05, 0.1) is 12.4 Å². The summed E-state index contributed by atoms with van der Waals surface area (Å²) in [6, 6.07) is 6.43. The Balaban J connectivity index is 1.99. The van der Waals surface area contributed by atoms with Crippen molar-refractivity contribution in [3.8, 4) is 5.75 Å². The minimum atomic E-state index is 0.603. The number of rotatable bonds is 5. The van der Waals surface area contributed by atoms with Gasteiger partial charge in [0.2, 0.25) is 0 Å². The largest absolute Gasteiger partial charge is 0.486 e. The van der Waals surface area contributed by atoms with Crippen LogP contribution in [0, 0.1) is 13.8 Å². The van der Waals surface area contributed by atoms with Gasteiger partial charge in [0.15, 0.2) is 5.75 Å². The van der Waals surface area contributed by atoms with Gasteiger partial charge in [-0.25, -0.2) is 0 Å². The average Bonchev–Trinajstić information content (AvgIpc) is 2.79. The first-order chi connectivity index (χ1) is 8.69. The fourth-order valence-electron chi connectivity index (χ4n) is 1.89. The lowest BCUT2D eigenvalue weighted by Crippen LogP contribution is -1.98. The quantitative estimate of drug-likeness (QED) is 0.805. The Hall–Kier alpha value is -1.77. The average molecular weight is 244 g/mol. The smallest absolute Gasteiger partial charge is 0.157 e. The lowest BCUT2D eigenvalue weighted by molar-refractivity contribution is 0.305. The molecule has 0 bridgehead atoms. The maximum atomic E-state index is 5.77. The molecule has 0 aliphatic rings. The van der Waals surface area contributed by atoms with E-state index in [4.69, 9.17) is 4.74 Å². The molecular formula is C15H20N2O. The van der Waals surface area contributed by atoms with Crippen LogP contribution in [0.5, 0.6) is 5.75 Å². The van der Waals surface area contributed by atoms with E-state index in [9.17, 15) is 0 Å². The molecular weight excluding hydrogens is 224 g/mol. The Labute approximate surface area is 108 Å². The van der Waals surface area contributed by atoms with Gasteiger partial charge in [-0.15, -0.1) is 0 Å². The monoisotopic (exact) mass is 244 g/mol. The van der Waals surface area contributed by atoms with Crippen molar-refractivity contribution in [3.63, 3.8) is 0 Å². The normalized spacial score (nSPS) is 10.6. The molecule has 3 nitrogen and oxygen atoms in total. The number of hydrogen-bond acceptors (Lipinski definition) is 2. The molecule has 96 valence electrons. The van der Waals surface area contributed by atoms with Crippen molar-refractivity contribution in [2.45, 2.75) is 40.3 Å². The van der Waals surface area contributed by atoms with Crippen LogP contribution in [-0.4, -0.2) is 9.78 Å². The Morgan fingerprint density at radius 3 is 2.89 bits per heavy atom. The standard InChI is InChI=1S/C15H20N2O/c1-4-7-17-10-15(9-16-17)18-11-14-8-12(2)5-6-13(14)3/h5-6,8-10H,4,7,11H2,1-3H3. The second-order valence-corrected chi connectivity index (χ2v) is 4.66. The Morgan fingerprint density at radius 1 is 1.28 bits per heavy atom. The zero-order chi connectivity index (χ0) is 13.0. The van der Waals surface area contributed by atoms with E-state index in [1.807, 2.05) is 10.9 Å². The van der Waals surface area contributed by atoms with Crippen LogP contribution in [0.3, 0.4) is 0 Å². The first-order valence-corrected chi connectivity index (χ1v) is 6.40. The SMILES string of the molecule is CCCn1cc(OCc2cc(C)ccc2C)cn1. The van der Waals surface area contributed by atoms with Crippen molar-refractivity contribution in [2.75, 3.05) is 0 Å². The molecule has 0 fully saturated rings. The Kier molecular flexibility index (Phi) is 4.03. The number of hydrogen-bond donors (Lipinski definition) is 0. The van der Waals surface area contributed by atoms with Crippen LogP contribution in [0.1, 0.15) is 30.0 Å². The molecule has 1 aromatic heterocycles. The van der Waals surface area contributed by atoms with Crippen LogP contribution in [0.25, 0.3) is 0 Å². The fraction of sp³-hybridized carbons (Fsp3) is 0.400. The minimum Gasteiger partial charge on any atom is -0.486 e. The minimum absolute atomic E-state index is 0.603. The number of benzene rings is 1. The van der Waals surface area contributed by atoms with Crippen LogP contribution in [0.15, 0.2) is 30.6 Å². The van der Waals surface area contributed by atoms with Gasteiger partial charge in [-0.05, 0) is 31.4 Å². The number of nitrogens with zero attached hydrogens (tertiary/aromatic N) is 2. The maximum absolute atomic E-state index is 5.77. The van der Waals surface area contributed by atoms with Gasteiger partial charge in [0.25, 0.3) is 0 Å². The van der Waals surface area contributed by atoms with E-state index in [0.29, 0.717) is 6.61 Å². The van der Waals surface area contributed by atoms with Crippen LogP contribution in [-0.2, 0) is 13.2 Å². The van der Waals surface area contributed by atoms with Gasteiger partial charge in [-0.3, -0.25) is 4.68 Å². The molecule has 0 saturated heterocycles. The molecule has 0 amide bonds. The van der Waals surface area contributed by atoms with E-state index >= 15 is 0 Å². The zero-order valence-electron chi connectivity index (χ0n) is 11.3. The molecule has 2 rings (SSSR count). The Morgan fingerprint density at radius 2 is 2.11 bits per heavy atom. The predicted octanol–water partition coefficient (Wildman–Crippen LogP) is 3.49. The van der Waals surface area contributed by atoms with Crippen molar-refractivity contribution >= 4 is 0 Å². The third-order valence-electron chi connectivity index (χ3n) is 2.96. The summed E-state index contributed by atoms with van der Waals surface area (Å²) in [7, 11) is 0. The maximum Gasteiger partial charge on any atom is 0.157 e. The van der Waals surface area contributed by atoms with E-state index in [1.54, 1.807) is 6.20 Å². The van der Waals surface area contributed by atoms with Crippen molar-refractivity contribution < 1.29 is 4.74 Å². The van der Waals surface area contributed by atoms with Gasteiger partial charge >= 0.3 is 0 Å². The molecule has 0 spiro atoms. The summed E-state index contributed by atoms with van der Waals surface area (Å²) in [5.74, 6) is 0.837. The summed E-state index contributed by atoms with van der Waals surface area (Å²) in [5, 5.41) is 4.25. The van der Waals surface area contributed by atoms with Crippen LogP contribution >= 0.6 is 0 Å². The summed E-state index contributed by atoms with van der Waals surface area (Å²) in [6.45, 7) is 7.89. The van der Waals surface area contributed by atoms with E-state index in [-0.39, 0.29) is 0 Å².